The number of fused-ring (bicyclic) bond motifs is 1. The zero-order valence-electron chi connectivity index (χ0n) is 8.40. The van der Waals surface area contributed by atoms with E-state index in [0.717, 1.165) is 5.52 Å². The molecule has 2 rings (SSSR count). The first-order valence-electron chi connectivity index (χ1n) is 4.63. The molecular weight excluding hydrogens is 177 g/mol. The van der Waals surface area contributed by atoms with Gasteiger partial charge in [-0.15, -0.1) is 0 Å². The lowest BCUT2D eigenvalue weighted by molar-refractivity contribution is 0.830. The number of rotatable bonds is 1. The summed E-state index contributed by atoms with van der Waals surface area (Å²) in [5, 5.41) is 1.21. The van der Waals surface area contributed by atoms with Crippen LogP contribution < -0.4 is 0 Å². The molecule has 0 saturated carbocycles. The summed E-state index contributed by atoms with van der Waals surface area (Å²) in [6, 6.07) is 12.5. The van der Waals surface area contributed by atoms with Crippen LogP contribution in [0.5, 0.6) is 0 Å². The molecule has 0 saturated heterocycles. The number of pyridine rings is 1. The zero-order valence-corrected chi connectivity index (χ0v) is 8.40. The highest BCUT2D eigenvalue weighted by molar-refractivity contribution is 5.78. The number of nitrogens with zero attached hydrogens (tertiary/aromatic N) is 1. The minimum absolute atomic E-state index is 0. The summed E-state index contributed by atoms with van der Waals surface area (Å²) in [5.41, 5.74) is 2.26. The van der Waals surface area contributed by atoms with Crippen LogP contribution in [0.25, 0.3) is 10.9 Å². The largest absolute Gasteiger partial charge is 0.269 e. The maximum Gasteiger partial charge on any atom is 0.0705 e. The lowest BCUT2D eigenvalue weighted by Gasteiger charge is -2.04. The van der Waals surface area contributed by atoms with E-state index in [1.807, 2.05) is 12.1 Å². The molecule has 1 nitrogen and oxygen atoms in total. The molecule has 0 aliphatic rings. The number of benzene rings is 1. The quantitative estimate of drug-likeness (QED) is 0.672. The van der Waals surface area contributed by atoms with Crippen LogP contribution in [0.15, 0.2) is 36.4 Å². The highest BCUT2D eigenvalue weighted by atomic mass is 19.0. The fourth-order valence-corrected chi connectivity index (χ4v) is 1.40. The third-order valence-electron chi connectivity index (χ3n) is 2.21. The Balaban J connectivity index is 0.000000980. The van der Waals surface area contributed by atoms with Crippen LogP contribution in [0.1, 0.15) is 25.5 Å². The van der Waals surface area contributed by atoms with Crippen LogP contribution in [0.2, 0.25) is 0 Å². The highest BCUT2D eigenvalue weighted by Gasteiger charge is 2.00. The minimum atomic E-state index is 0. The molecule has 0 N–H and O–H groups in total. The molecule has 1 aromatic carbocycles. The Hall–Kier alpha value is -1.44. The molecule has 0 fully saturated rings. The van der Waals surface area contributed by atoms with Crippen molar-refractivity contribution >= 4 is 10.9 Å². The highest BCUT2D eigenvalue weighted by Crippen LogP contribution is 2.16. The molecule has 1 heterocycles. The van der Waals surface area contributed by atoms with Crippen LogP contribution in [0.3, 0.4) is 0 Å². The summed E-state index contributed by atoms with van der Waals surface area (Å²) < 4.78 is 0. The molecule has 0 amide bonds. The van der Waals surface area contributed by atoms with E-state index in [0.29, 0.717) is 5.92 Å². The van der Waals surface area contributed by atoms with E-state index >= 15 is 0 Å². The van der Waals surface area contributed by atoms with Crippen molar-refractivity contribution in [3.05, 3.63) is 42.1 Å². The lowest BCUT2D eigenvalue weighted by atomic mass is 10.1. The Bertz CT molecular complexity index is 423. The molecule has 1 aromatic heterocycles. The number of hydrogen-bond acceptors (Lipinski definition) is 1. The van der Waals surface area contributed by atoms with Crippen molar-refractivity contribution < 1.29 is 4.70 Å². The predicted molar refractivity (Wildman–Crippen MR) is 58.3 cm³/mol. The van der Waals surface area contributed by atoms with Crippen molar-refractivity contribution in [3.8, 4) is 0 Å². The molecule has 0 bridgehead atoms. The Kier molecular flexibility index (Phi) is 3.18. The first-order chi connectivity index (χ1) is 6.27. The SMILES string of the molecule is CC(C)c1ccc2ccccc2n1.F. The average Bonchev–Trinajstić information content (AvgIpc) is 2.17. The van der Waals surface area contributed by atoms with Crippen LogP contribution in [0.4, 0.5) is 4.70 Å². The number of halogens is 1. The lowest BCUT2D eigenvalue weighted by Crippen LogP contribution is -1.91. The van der Waals surface area contributed by atoms with Gasteiger partial charge in [-0.2, -0.15) is 0 Å². The van der Waals surface area contributed by atoms with E-state index in [1.54, 1.807) is 0 Å². The number of hydrogen-bond donors (Lipinski definition) is 0. The second kappa shape index (κ2) is 4.18. The maximum absolute atomic E-state index is 4.57. The van der Waals surface area contributed by atoms with Gasteiger partial charge in [-0.1, -0.05) is 38.1 Å². The van der Waals surface area contributed by atoms with E-state index in [2.05, 4.69) is 43.1 Å². The molecule has 0 aliphatic carbocycles. The third kappa shape index (κ3) is 1.90. The van der Waals surface area contributed by atoms with Crippen molar-refractivity contribution in [2.45, 2.75) is 19.8 Å². The molecule has 0 unspecified atom stereocenters. The normalized spacial score (nSPS) is 10.2. The summed E-state index contributed by atoms with van der Waals surface area (Å²) >= 11 is 0. The molecule has 0 radical (unpaired) electrons. The van der Waals surface area contributed by atoms with Crippen LogP contribution in [-0.4, -0.2) is 4.98 Å². The summed E-state index contributed by atoms with van der Waals surface area (Å²) in [5.74, 6) is 0.504. The van der Waals surface area contributed by atoms with Gasteiger partial charge in [-0.3, -0.25) is 9.69 Å². The smallest absolute Gasteiger partial charge is 0.0705 e. The second-order valence-corrected chi connectivity index (χ2v) is 3.58. The Labute approximate surface area is 83.2 Å². The second-order valence-electron chi connectivity index (χ2n) is 3.58. The molecule has 2 heteroatoms. The Morgan fingerprint density at radius 1 is 1.00 bits per heavy atom. The van der Waals surface area contributed by atoms with E-state index < -0.39 is 0 Å². The monoisotopic (exact) mass is 191 g/mol. The first-order valence-corrected chi connectivity index (χ1v) is 4.63. The fourth-order valence-electron chi connectivity index (χ4n) is 1.40. The van der Waals surface area contributed by atoms with Gasteiger partial charge >= 0.3 is 0 Å². The van der Waals surface area contributed by atoms with Gasteiger partial charge in [-0.25, -0.2) is 0 Å². The van der Waals surface area contributed by atoms with Crippen LogP contribution >= 0.6 is 0 Å². The van der Waals surface area contributed by atoms with Crippen molar-refractivity contribution in [2.75, 3.05) is 0 Å². The van der Waals surface area contributed by atoms with Crippen LogP contribution in [0, 0.1) is 0 Å². The van der Waals surface area contributed by atoms with Gasteiger partial charge in [0.1, 0.15) is 0 Å². The van der Waals surface area contributed by atoms with Gasteiger partial charge in [-0.05, 0) is 18.1 Å². The van der Waals surface area contributed by atoms with Gasteiger partial charge in [0.25, 0.3) is 0 Å². The topological polar surface area (TPSA) is 12.9 Å². The van der Waals surface area contributed by atoms with E-state index in [1.165, 1.54) is 11.1 Å². The average molecular weight is 191 g/mol. The molecule has 0 atom stereocenters. The molecule has 14 heavy (non-hydrogen) atoms. The van der Waals surface area contributed by atoms with Gasteiger partial charge < -0.3 is 0 Å². The molecule has 74 valence electrons. The van der Waals surface area contributed by atoms with Gasteiger partial charge in [0.15, 0.2) is 0 Å². The Morgan fingerprint density at radius 2 is 1.71 bits per heavy atom. The van der Waals surface area contributed by atoms with E-state index in [9.17, 15) is 0 Å². The minimum Gasteiger partial charge on any atom is -0.269 e. The maximum atomic E-state index is 4.57. The van der Waals surface area contributed by atoms with Crippen molar-refractivity contribution in [1.29, 1.82) is 0 Å². The van der Waals surface area contributed by atoms with Gasteiger partial charge in [0.05, 0.1) is 5.52 Å². The van der Waals surface area contributed by atoms with Crippen molar-refractivity contribution in [3.63, 3.8) is 0 Å². The fraction of sp³-hybridized carbons (Fsp3) is 0.250. The summed E-state index contributed by atoms with van der Waals surface area (Å²) in [6.07, 6.45) is 0. The summed E-state index contributed by atoms with van der Waals surface area (Å²) in [7, 11) is 0. The summed E-state index contributed by atoms with van der Waals surface area (Å²) in [4.78, 5) is 4.57. The standard InChI is InChI=1S/C12H13N.FH/c1-9(2)11-8-7-10-5-3-4-6-12(10)13-11;/h3-9H,1-2H3;1H. The Morgan fingerprint density at radius 3 is 2.43 bits per heavy atom. The van der Waals surface area contributed by atoms with Crippen molar-refractivity contribution in [1.82, 2.24) is 4.98 Å². The number of para-hydroxylation sites is 1. The van der Waals surface area contributed by atoms with Gasteiger partial charge in [0, 0.05) is 11.1 Å². The number of aromatic nitrogens is 1. The van der Waals surface area contributed by atoms with E-state index in [-0.39, 0.29) is 4.70 Å². The summed E-state index contributed by atoms with van der Waals surface area (Å²) in [6.45, 7) is 4.33. The first kappa shape index (κ1) is 10.6. The molecular formula is C12H14FN. The van der Waals surface area contributed by atoms with Gasteiger partial charge in [0.2, 0.25) is 0 Å². The molecule has 0 aliphatic heterocycles. The van der Waals surface area contributed by atoms with Crippen molar-refractivity contribution in [2.24, 2.45) is 0 Å². The molecule has 2 aromatic rings. The van der Waals surface area contributed by atoms with Crippen LogP contribution in [-0.2, 0) is 0 Å². The zero-order chi connectivity index (χ0) is 9.26. The molecule has 0 spiro atoms. The predicted octanol–water partition coefficient (Wildman–Crippen LogP) is 3.51. The van der Waals surface area contributed by atoms with E-state index in [4.69, 9.17) is 0 Å². The third-order valence-corrected chi connectivity index (χ3v) is 2.21.